The summed E-state index contributed by atoms with van der Waals surface area (Å²) in [5, 5.41) is 0. The first-order valence-electron chi connectivity index (χ1n) is 10.1. The number of nitrogens with zero attached hydrogens (tertiary/aromatic N) is 6. The molecule has 0 spiro atoms. The Labute approximate surface area is 170 Å². The second-order valence-electron chi connectivity index (χ2n) is 7.49. The molecule has 0 N–H and O–H groups in total. The lowest BCUT2D eigenvalue weighted by atomic mass is 10.1. The Morgan fingerprint density at radius 3 is 2.59 bits per heavy atom. The van der Waals surface area contributed by atoms with E-state index >= 15 is 0 Å². The van der Waals surface area contributed by atoms with E-state index in [2.05, 4.69) is 36.9 Å². The van der Waals surface area contributed by atoms with Crippen LogP contribution in [0.3, 0.4) is 0 Å². The van der Waals surface area contributed by atoms with E-state index in [4.69, 9.17) is 9.72 Å². The molecule has 0 amide bonds. The van der Waals surface area contributed by atoms with Gasteiger partial charge in [-0.25, -0.2) is 15.0 Å². The lowest BCUT2D eigenvalue weighted by molar-refractivity contribution is 0.122. The molecule has 1 saturated heterocycles. The molecule has 7 heteroatoms. The third-order valence-corrected chi connectivity index (χ3v) is 5.50. The fourth-order valence-corrected chi connectivity index (χ4v) is 3.90. The van der Waals surface area contributed by atoms with E-state index in [1.165, 1.54) is 11.1 Å². The van der Waals surface area contributed by atoms with Crippen molar-refractivity contribution in [2.75, 3.05) is 37.7 Å². The van der Waals surface area contributed by atoms with Gasteiger partial charge in [0.15, 0.2) is 5.82 Å². The van der Waals surface area contributed by atoms with E-state index in [1.54, 1.807) is 12.4 Å². The topological polar surface area (TPSA) is 67.3 Å². The van der Waals surface area contributed by atoms with Gasteiger partial charge in [0.25, 0.3) is 0 Å². The summed E-state index contributed by atoms with van der Waals surface area (Å²) in [7, 11) is 0. The minimum Gasteiger partial charge on any atom is -0.378 e. The summed E-state index contributed by atoms with van der Waals surface area (Å²) in [6.07, 6.45) is 8.47. The zero-order valence-corrected chi connectivity index (χ0v) is 16.4. The molecule has 1 fully saturated rings. The zero-order valence-electron chi connectivity index (χ0n) is 16.4. The van der Waals surface area contributed by atoms with Crippen LogP contribution in [0.1, 0.15) is 16.8 Å². The molecule has 2 aliphatic heterocycles. The second kappa shape index (κ2) is 8.23. The molecule has 29 heavy (non-hydrogen) atoms. The molecule has 2 aliphatic rings. The van der Waals surface area contributed by atoms with Gasteiger partial charge in [0.2, 0.25) is 0 Å². The van der Waals surface area contributed by atoms with Crippen LogP contribution in [0.25, 0.3) is 11.4 Å². The Bertz CT molecular complexity index is 957. The molecular weight excluding hydrogens is 364 g/mol. The van der Waals surface area contributed by atoms with Crippen molar-refractivity contribution in [1.29, 1.82) is 0 Å². The second-order valence-corrected chi connectivity index (χ2v) is 7.49. The molecule has 0 atom stereocenters. The Morgan fingerprint density at radius 1 is 0.931 bits per heavy atom. The Kier molecular flexibility index (Phi) is 5.15. The fraction of sp³-hybridized carbons (Fsp3) is 0.364. The molecule has 0 saturated carbocycles. The molecule has 0 bridgehead atoms. The summed E-state index contributed by atoms with van der Waals surface area (Å²) in [4.78, 5) is 22.8. The standard InChI is InChI=1S/C22H24N6O/c1-2-21(28-9-11-29-12-10-28)24-13-17(1)15-27-8-5-20-19(16-27)14-25-22(26-20)18-3-6-23-7-4-18/h1-4,6-7,13-14H,5,8-12,15-16H2. The van der Waals surface area contributed by atoms with Crippen molar-refractivity contribution >= 4 is 5.82 Å². The van der Waals surface area contributed by atoms with Gasteiger partial charge in [-0.05, 0) is 23.8 Å². The molecule has 0 unspecified atom stereocenters. The van der Waals surface area contributed by atoms with E-state index in [0.29, 0.717) is 0 Å². The number of hydrogen-bond donors (Lipinski definition) is 0. The van der Waals surface area contributed by atoms with E-state index < -0.39 is 0 Å². The average Bonchev–Trinajstić information content (AvgIpc) is 2.80. The Hall–Kier alpha value is -2.90. The van der Waals surface area contributed by atoms with Gasteiger partial charge >= 0.3 is 0 Å². The van der Waals surface area contributed by atoms with Gasteiger partial charge in [0.1, 0.15) is 5.82 Å². The molecule has 5 heterocycles. The molecular formula is C22H24N6O. The van der Waals surface area contributed by atoms with Gasteiger partial charge in [0.05, 0.1) is 18.9 Å². The van der Waals surface area contributed by atoms with Crippen molar-refractivity contribution in [3.63, 3.8) is 0 Å². The van der Waals surface area contributed by atoms with E-state index in [0.717, 1.165) is 75.3 Å². The minimum absolute atomic E-state index is 0.779. The summed E-state index contributed by atoms with van der Waals surface area (Å²) in [5.74, 6) is 1.82. The molecule has 148 valence electrons. The van der Waals surface area contributed by atoms with Crippen LogP contribution in [0.15, 0.2) is 49.1 Å². The fourth-order valence-electron chi connectivity index (χ4n) is 3.90. The monoisotopic (exact) mass is 388 g/mol. The van der Waals surface area contributed by atoms with E-state index in [9.17, 15) is 0 Å². The van der Waals surface area contributed by atoms with Crippen LogP contribution < -0.4 is 4.90 Å². The first-order chi connectivity index (χ1) is 14.3. The number of rotatable bonds is 4. The van der Waals surface area contributed by atoms with Crippen LogP contribution in [0, 0.1) is 0 Å². The first kappa shape index (κ1) is 18.1. The van der Waals surface area contributed by atoms with Crippen LogP contribution in [0.4, 0.5) is 5.82 Å². The summed E-state index contributed by atoms with van der Waals surface area (Å²) in [6.45, 7) is 6.14. The third kappa shape index (κ3) is 4.11. The lowest BCUT2D eigenvalue weighted by Gasteiger charge is -2.29. The number of anilines is 1. The summed E-state index contributed by atoms with van der Waals surface area (Å²) < 4.78 is 5.42. The first-order valence-corrected chi connectivity index (χ1v) is 10.1. The maximum atomic E-state index is 5.42. The van der Waals surface area contributed by atoms with Gasteiger partial charge in [0, 0.05) is 75.1 Å². The molecule has 0 radical (unpaired) electrons. The highest BCUT2D eigenvalue weighted by atomic mass is 16.5. The van der Waals surface area contributed by atoms with Crippen LogP contribution >= 0.6 is 0 Å². The van der Waals surface area contributed by atoms with E-state index in [-0.39, 0.29) is 0 Å². The quantitative estimate of drug-likeness (QED) is 0.679. The minimum atomic E-state index is 0.779. The van der Waals surface area contributed by atoms with Crippen LogP contribution in [-0.2, 0) is 24.2 Å². The molecule has 0 aliphatic carbocycles. The number of morpholine rings is 1. The number of pyridine rings is 2. The summed E-state index contributed by atoms with van der Waals surface area (Å²) in [5.41, 5.74) is 4.62. The lowest BCUT2D eigenvalue weighted by Crippen LogP contribution is -2.36. The highest BCUT2D eigenvalue weighted by Gasteiger charge is 2.19. The van der Waals surface area contributed by atoms with Gasteiger partial charge in [-0.2, -0.15) is 0 Å². The highest BCUT2D eigenvalue weighted by Crippen LogP contribution is 2.22. The average molecular weight is 388 g/mol. The largest absolute Gasteiger partial charge is 0.378 e. The van der Waals surface area contributed by atoms with Crippen molar-refractivity contribution in [3.8, 4) is 11.4 Å². The van der Waals surface area contributed by atoms with Crippen molar-refractivity contribution in [1.82, 2.24) is 24.8 Å². The van der Waals surface area contributed by atoms with Crippen molar-refractivity contribution in [2.45, 2.75) is 19.5 Å². The smallest absolute Gasteiger partial charge is 0.159 e. The van der Waals surface area contributed by atoms with Crippen molar-refractivity contribution in [2.24, 2.45) is 0 Å². The van der Waals surface area contributed by atoms with Crippen molar-refractivity contribution < 1.29 is 4.74 Å². The molecule has 0 aromatic carbocycles. The van der Waals surface area contributed by atoms with Gasteiger partial charge in [-0.1, -0.05) is 6.07 Å². The number of aromatic nitrogens is 4. The highest BCUT2D eigenvalue weighted by molar-refractivity contribution is 5.54. The maximum absolute atomic E-state index is 5.42. The molecule has 3 aromatic heterocycles. The third-order valence-electron chi connectivity index (χ3n) is 5.50. The molecule has 3 aromatic rings. The molecule has 7 nitrogen and oxygen atoms in total. The predicted octanol–water partition coefficient (Wildman–Crippen LogP) is 2.33. The van der Waals surface area contributed by atoms with Gasteiger partial charge < -0.3 is 9.64 Å². The van der Waals surface area contributed by atoms with Crippen LogP contribution in [0.2, 0.25) is 0 Å². The predicted molar refractivity (Wildman–Crippen MR) is 110 cm³/mol. The summed E-state index contributed by atoms with van der Waals surface area (Å²) >= 11 is 0. The van der Waals surface area contributed by atoms with E-state index in [1.807, 2.05) is 24.5 Å². The number of fused-ring (bicyclic) bond motifs is 1. The van der Waals surface area contributed by atoms with Crippen molar-refractivity contribution in [3.05, 3.63) is 65.9 Å². The Morgan fingerprint density at radius 2 is 1.79 bits per heavy atom. The number of ether oxygens (including phenoxy) is 1. The maximum Gasteiger partial charge on any atom is 0.159 e. The Balaban J connectivity index is 1.24. The van der Waals surface area contributed by atoms with Crippen LogP contribution in [0.5, 0.6) is 0 Å². The van der Waals surface area contributed by atoms with Crippen LogP contribution in [-0.4, -0.2) is 57.7 Å². The summed E-state index contributed by atoms with van der Waals surface area (Å²) in [6, 6.07) is 8.22. The molecule has 5 rings (SSSR count). The SMILES string of the molecule is c1cc(-c2ncc3c(n2)CCN(Cc2ccc(N4CCOCC4)nc2)C3)ccn1. The number of hydrogen-bond acceptors (Lipinski definition) is 7. The normalized spacial score (nSPS) is 17.2. The zero-order chi connectivity index (χ0) is 19.5. The van der Waals surface area contributed by atoms with Gasteiger partial charge in [-0.15, -0.1) is 0 Å². The van der Waals surface area contributed by atoms with Gasteiger partial charge in [-0.3, -0.25) is 9.88 Å².